The predicted molar refractivity (Wildman–Crippen MR) is 72.0 cm³/mol. The molecule has 1 unspecified atom stereocenters. The number of aryl methyl sites for hydroxylation is 1. The van der Waals surface area contributed by atoms with Gasteiger partial charge in [0.15, 0.2) is 0 Å². The SMILES string of the molecule is Cc1nc(C(C)Nc2ccc(O)c(Cl)c2)cs1. The second-order valence-corrected chi connectivity index (χ2v) is 5.29. The number of nitrogens with one attached hydrogen (secondary N) is 1. The third-order valence-electron chi connectivity index (χ3n) is 2.41. The zero-order valence-corrected chi connectivity index (χ0v) is 11.1. The van der Waals surface area contributed by atoms with Gasteiger partial charge in [-0.3, -0.25) is 0 Å². The molecule has 0 bridgehead atoms. The Kier molecular flexibility index (Phi) is 3.54. The van der Waals surface area contributed by atoms with E-state index in [0.29, 0.717) is 5.02 Å². The zero-order chi connectivity index (χ0) is 12.4. The lowest BCUT2D eigenvalue weighted by Crippen LogP contribution is -2.06. The van der Waals surface area contributed by atoms with Crippen LogP contribution >= 0.6 is 22.9 Å². The highest BCUT2D eigenvalue weighted by atomic mass is 35.5. The van der Waals surface area contributed by atoms with Crippen LogP contribution in [0.3, 0.4) is 0 Å². The Hall–Kier alpha value is -1.26. The molecule has 0 aliphatic rings. The van der Waals surface area contributed by atoms with E-state index in [4.69, 9.17) is 11.6 Å². The number of halogens is 1. The van der Waals surface area contributed by atoms with Crippen molar-refractivity contribution >= 4 is 28.6 Å². The van der Waals surface area contributed by atoms with Crippen LogP contribution in [0.25, 0.3) is 0 Å². The molecule has 5 heteroatoms. The molecule has 0 radical (unpaired) electrons. The van der Waals surface area contributed by atoms with Crippen LogP contribution in [-0.2, 0) is 0 Å². The molecule has 0 aliphatic heterocycles. The van der Waals surface area contributed by atoms with Crippen molar-refractivity contribution in [2.75, 3.05) is 5.32 Å². The Morgan fingerprint density at radius 3 is 2.82 bits per heavy atom. The summed E-state index contributed by atoms with van der Waals surface area (Å²) < 4.78 is 0. The van der Waals surface area contributed by atoms with E-state index in [9.17, 15) is 5.11 Å². The molecule has 17 heavy (non-hydrogen) atoms. The molecule has 0 aliphatic carbocycles. The Morgan fingerprint density at radius 2 is 2.24 bits per heavy atom. The fourth-order valence-corrected chi connectivity index (χ4v) is 2.39. The average molecular weight is 269 g/mol. The Bertz CT molecular complexity index is 527. The van der Waals surface area contributed by atoms with Crippen molar-refractivity contribution in [3.8, 4) is 5.75 Å². The van der Waals surface area contributed by atoms with Crippen molar-refractivity contribution in [3.63, 3.8) is 0 Å². The second-order valence-electron chi connectivity index (χ2n) is 3.82. The van der Waals surface area contributed by atoms with E-state index in [1.807, 2.05) is 19.2 Å². The highest BCUT2D eigenvalue weighted by molar-refractivity contribution is 7.09. The minimum atomic E-state index is 0.0920. The first-order valence-corrected chi connectivity index (χ1v) is 6.49. The minimum Gasteiger partial charge on any atom is -0.506 e. The predicted octanol–water partition coefficient (Wildman–Crippen LogP) is 3.98. The maximum Gasteiger partial charge on any atom is 0.134 e. The molecule has 2 N–H and O–H groups in total. The van der Waals surface area contributed by atoms with Gasteiger partial charge in [0, 0.05) is 11.1 Å². The number of aromatic nitrogens is 1. The maximum absolute atomic E-state index is 9.33. The van der Waals surface area contributed by atoms with Gasteiger partial charge < -0.3 is 10.4 Å². The van der Waals surface area contributed by atoms with Crippen molar-refractivity contribution in [3.05, 3.63) is 39.3 Å². The van der Waals surface area contributed by atoms with Crippen LogP contribution in [-0.4, -0.2) is 10.1 Å². The molecule has 90 valence electrons. The van der Waals surface area contributed by atoms with Gasteiger partial charge in [-0.1, -0.05) is 11.6 Å². The van der Waals surface area contributed by atoms with Crippen LogP contribution < -0.4 is 5.32 Å². The quantitative estimate of drug-likeness (QED) is 0.828. The minimum absolute atomic E-state index is 0.0920. The number of phenols is 1. The number of aromatic hydroxyl groups is 1. The number of thiazole rings is 1. The van der Waals surface area contributed by atoms with Gasteiger partial charge in [0.25, 0.3) is 0 Å². The molecule has 0 amide bonds. The van der Waals surface area contributed by atoms with E-state index in [2.05, 4.69) is 10.3 Å². The number of anilines is 1. The fraction of sp³-hybridized carbons (Fsp3) is 0.250. The zero-order valence-electron chi connectivity index (χ0n) is 9.57. The van der Waals surface area contributed by atoms with Crippen molar-refractivity contribution in [2.24, 2.45) is 0 Å². The fourth-order valence-electron chi connectivity index (χ4n) is 1.50. The van der Waals surface area contributed by atoms with E-state index in [1.165, 1.54) is 0 Å². The third-order valence-corrected chi connectivity index (χ3v) is 3.51. The van der Waals surface area contributed by atoms with E-state index in [1.54, 1.807) is 29.5 Å². The van der Waals surface area contributed by atoms with Gasteiger partial charge in [0.2, 0.25) is 0 Å². The van der Waals surface area contributed by atoms with E-state index < -0.39 is 0 Å². The van der Waals surface area contributed by atoms with Gasteiger partial charge in [-0.25, -0.2) is 4.98 Å². The van der Waals surface area contributed by atoms with Crippen LogP contribution in [0.2, 0.25) is 5.02 Å². The Labute approximate surface area is 109 Å². The molecule has 1 aromatic heterocycles. The molecular formula is C12H13ClN2OS. The number of hydrogen-bond acceptors (Lipinski definition) is 4. The lowest BCUT2D eigenvalue weighted by Gasteiger charge is -2.13. The van der Waals surface area contributed by atoms with Crippen LogP contribution in [0.4, 0.5) is 5.69 Å². The highest BCUT2D eigenvalue weighted by Crippen LogP contribution is 2.28. The van der Waals surface area contributed by atoms with Gasteiger partial charge in [0.05, 0.1) is 21.8 Å². The summed E-state index contributed by atoms with van der Waals surface area (Å²) in [5, 5.41) is 16.0. The van der Waals surface area contributed by atoms with Crippen LogP contribution in [0, 0.1) is 6.92 Å². The van der Waals surface area contributed by atoms with Gasteiger partial charge >= 0.3 is 0 Å². The first-order chi connectivity index (χ1) is 8.06. The summed E-state index contributed by atoms with van der Waals surface area (Å²) in [5.74, 6) is 0.0920. The van der Waals surface area contributed by atoms with Gasteiger partial charge in [0.1, 0.15) is 5.75 Å². The number of rotatable bonds is 3. The first kappa shape index (κ1) is 12.2. The molecular weight excluding hydrogens is 256 g/mol. The van der Waals surface area contributed by atoms with E-state index in [0.717, 1.165) is 16.4 Å². The van der Waals surface area contributed by atoms with E-state index >= 15 is 0 Å². The first-order valence-electron chi connectivity index (χ1n) is 5.23. The topological polar surface area (TPSA) is 45.2 Å². The molecule has 1 aromatic carbocycles. The molecule has 3 nitrogen and oxygen atoms in total. The number of nitrogens with zero attached hydrogens (tertiary/aromatic N) is 1. The Morgan fingerprint density at radius 1 is 1.47 bits per heavy atom. The molecule has 0 saturated carbocycles. The van der Waals surface area contributed by atoms with E-state index in [-0.39, 0.29) is 11.8 Å². The highest BCUT2D eigenvalue weighted by Gasteiger charge is 2.09. The summed E-state index contributed by atoms with van der Waals surface area (Å²) in [4.78, 5) is 4.42. The molecule has 0 fully saturated rings. The lowest BCUT2D eigenvalue weighted by atomic mass is 10.2. The van der Waals surface area contributed by atoms with Gasteiger partial charge in [-0.2, -0.15) is 0 Å². The second kappa shape index (κ2) is 4.94. The smallest absolute Gasteiger partial charge is 0.134 e. The summed E-state index contributed by atoms with van der Waals surface area (Å²) >= 11 is 7.48. The number of benzene rings is 1. The van der Waals surface area contributed by atoms with Crippen LogP contribution in [0.5, 0.6) is 5.75 Å². The van der Waals surface area contributed by atoms with Crippen molar-refractivity contribution in [1.29, 1.82) is 0 Å². The van der Waals surface area contributed by atoms with Crippen molar-refractivity contribution in [2.45, 2.75) is 19.9 Å². The average Bonchev–Trinajstić information content (AvgIpc) is 2.70. The molecule has 2 aromatic rings. The summed E-state index contributed by atoms with van der Waals surface area (Å²) in [6.07, 6.45) is 0. The van der Waals surface area contributed by atoms with Crippen LogP contribution in [0.1, 0.15) is 23.7 Å². The number of hydrogen-bond donors (Lipinski definition) is 2. The summed E-state index contributed by atoms with van der Waals surface area (Å²) in [7, 11) is 0. The monoisotopic (exact) mass is 268 g/mol. The largest absolute Gasteiger partial charge is 0.506 e. The standard InChI is InChI=1S/C12H13ClN2OS/c1-7(11-6-17-8(2)15-11)14-9-3-4-12(16)10(13)5-9/h3-7,14,16H,1-2H3. The Balaban J connectivity index is 2.12. The summed E-state index contributed by atoms with van der Waals surface area (Å²) in [6.45, 7) is 4.02. The normalized spacial score (nSPS) is 12.4. The van der Waals surface area contributed by atoms with Gasteiger partial charge in [-0.05, 0) is 32.0 Å². The lowest BCUT2D eigenvalue weighted by molar-refractivity contribution is 0.475. The maximum atomic E-state index is 9.33. The van der Waals surface area contributed by atoms with Crippen molar-refractivity contribution < 1.29 is 5.11 Å². The van der Waals surface area contributed by atoms with Crippen molar-refractivity contribution in [1.82, 2.24) is 4.98 Å². The molecule has 0 saturated heterocycles. The third kappa shape index (κ3) is 2.90. The summed E-state index contributed by atoms with van der Waals surface area (Å²) in [5.41, 5.74) is 1.88. The molecule has 0 spiro atoms. The molecule has 1 heterocycles. The number of phenolic OH excluding ortho intramolecular Hbond substituents is 1. The summed E-state index contributed by atoms with van der Waals surface area (Å²) in [6, 6.07) is 5.17. The van der Waals surface area contributed by atoms with Crippen LogP contribution in [0.15, 0.2) is 23.6 Å². The molecule has 2 rings (SSSR count). The van der Waals surface area contributed by atoms with Gasteiger partial charge in [-0.15, -0.1) is 11.3 Å². The molecule has 1 atom stereocenters.